The van der Waals surface area contributed by atoms with Crippen molar-refractivity contribution >= 4 is 33.5 Å². The van der Waals surface area contributed by atoms with Gasteiger partial charge in [-0.25, -0.2) is 9.18 Å². The molecule has 0 unspecified atom stereocenters. The number of carbonyl (C=O) groups excluding carboxylic acids is 1. The van der Waals surface area contributed by atoms with Crippen molar-refractivity contribution in [1.82, 2.24) is 0 Å². The lowest BCUT2D eigenvalue weighted by Crippen LogP contribution is -1.93. The first kappa shape index (κ1) is 23.3. The molecule has 8 heteroatoms. The summed E-state index contributed by atoms with van der Waals surface area (Å²) in [6.07, 6.45) is 3.00. The molecule has 0 amide bonds. The van der Waals surface area contributed by atoms with Gasteiger partial charge in [0.05, 0.1) is 26.2 Å². The predicted molar refractivity (Wildman–Crippen MR) is 129 cm³/mol. The maximum Gasteiger partial charge on any atom is 0.330 e. The maximum atomic E-state index is 14.5. The third-order valence-corrected chi connectivity index (χ3v) is 6.11. The Morgan fingerprint density at radius 3 is 2.38 bits per heavy atom. The molecule has 174 valence electrons. The molecule has 0 bridgehead atoms. The van der Waals surface area contributed by atoms with Gasteiger partial charge in [0.25, 0.3) is 0 Å². The molecule has 4 rings (SSSR count). The average molecular weight is 481 g/mol. The molecule has 0 N–H and O–H groups in total. The molecule has 0 atom stereocenters. The van der Waals surface area contributed by atoms with E-state index in [4.69, 9.17) is 19.2 Å². The van der Waals surface area contributed by atoms with E-state index in [1.54, 1.807) is 36.4 Å². The molecule has 0 spiro atoms. The molecule has 0 radical (unpaired) electrons. The summed E-state index contributed by atoms with van der Waals surface area (Å²) in [6, 6.07) is 17.5. The fourth-order valence-electron chi connectivity index (χ4n) is 3.30. The maximum absolute atomic E-state index is 14.5. The Kier molecular flexibility index (Phi) is 7.10. The highest BCUT2D eigenvalue weighted by Crippen LogP contribution is 2.47. The van der Waals surface area contributed by atoms with Crippen molar-refractivity contribution in [2.45, 2.75) is 0 Å². The van der Waals surface area contributed by atoms with Crippen molar-refractivity contribution < 1.29 is 33.2 Å². The number of carbonyl (C=O) groups is 1. The zero-order valence-electron chi connectivity index (χ0n) is 18.7. The summed E-state index contributed by atoms with van der Waals surface area (Å²) in [6.45, 7) is 0. The van der Waals surface area contributed by atoms with Crippen molar-refractivity contribution in [2.75, 3.05) is 21.3 Å². The Morgan fingerprint density at radius 2 is 1.71 bits per heavy atom. The normalized spacial score (nSPS) is 11.1. The lowest BCUT2D eigenvalue weighted by molar-refractivity contribution is -0.178. The number of methoxy groups -OCH3 is 2. The molecular weight excluding hydrogens is 459 g/mol. The topological polar surface area (TPSA) is 63.2 Å². The summed E-state index contributed by atoms with van der Waals surface area (Å²) in [7, 11) is 4.18. The Balaban J connectivity index is 1.74. The van der Waals surface area contributed by atoms with E-state index in [1.165, 1.54) is 44.8 Å². The van der Waals surface area contributed by atoms with Crippen molar-refractivity contribution in [3.8, 4) is 33.4 Å². The minimum Gasteiger partial charge on any atom is -0.494 e. The van der Waals surface area contributed by atoms with Crippen LogP contribution in [0.1, 0.15) is 5.56 Å². The first-order chi connectivity index (χ1) is 16.5. The number of hydrogen-bond acceptors (Lipinski definition) is 7. The molecule has 34 heavy (non-hydrogen) atoms. The molecule has 6 nitrogen and oxygen atoms in total. The van der Waals surface area contributed by atoms with Crippen LogP contribution in [0.3, 0.4) is 0 Å². The molecule has 1 aromatic heterocycles. The van der Waals surface area contributed by atoms with E-state index in [0.717, 1.165) is 20.5 Å². The highest BCUT2D eigenvalue weighted by Gasteiger charge is 2.19. The molecule has 3 aromatic carbocycles. The zero-order valence-corrected chi connectivity index (χ0v) is 19.5. The molecule has 4 aromatic rings. The second-order valence-corrected chi connectivity index (χ2v) is 8.10. The van der Waals surface area contributed by atoms with E-state index in [9.17, 15) is 9.18 Å². The van der Waals surface area contributed by atoms with Crippen LogP contribution in [0.25, 0.3) is 26.6 Å². The number of thiophene rings is 1. The Hall–Kier alpha value is -3.88. The number of esters is 1. The summed E-state index contributed by atoms with van der Waals surface area (Å²) in [5.74, 6) is 0.983. The first-order valence-electron chi connectivity index (χ1n) is 10.2. The van der Waals surface area contributed by atoms with E-state index >= 15 is 0 Å². The van der Waals surface area contributed by atoms with Crippen molar-refractivity contribution in [3.05, 3.63) is 78.1 Å². The molecular formula is C26H21FO6S. The van der Waals surface area contributed by atoms with Gasteiger partial charge in [-0.05, 0) is 59.7 Å². The van der Waals surface area contributed by atoms with Gasteiger partial charge in [-0.2, -0.15) is 4.89 Å². The quantitative estimate of drug-likeness (QED) is 0.122. The van der Waals surface area contributed by atoms with Gasteiger partial charge in [0.1, 0.15) is 5.75 Å². The molecule has 0 saturated carbocycles. The van der Waals surface area contributed by atoms with Crippen LogP contribution in [0.4, 0.5) is 4.39 Å². The highest BCUT2D eigenvalue weighted by atomic mass is 32.1. The van der Waals surface area contributed by atoms with Crippen LogP contribution in [0, 0.1) is 5.82 Å². The fourth-order valence-corrected chi connectivity index (χ4v) is 4.45. The van der Waals surface area contributed by atoms with Gasteiger partial charge in [0.15, 0.2) is 23.1 Å². The minimum atomic E-state index is -0.464. The van der Waals surface area contributed by atoms with E-state index in [-0.39, 0.29) is 5.75 Å². The SMILES string of the molecule is COOc1ccc2c(Oc3ccc(C=CC(=O)OC)cc3)c(-c3ccc(OC)c(F)c3)sc2c1. The summed E-state index contributed by atoms with van der Waals surface area (Å²) >= 11 is 1.44. The third-order valence-electron chi connectivity index (χ3n) is 4.92. The summed E-state index contributed by atoms with van der Waals surface area (Å²) in [5, 5.41) is 0.842. The summed E-state index contributed by atoms with van der Waals surface area (Å²) in [5.41, 5.74) is 1.47. The van der Waals surface area contributed by atoms with Crippen molar-refractivity contribution in [1.29, 1.82) is 0 Å². The van der Waals surface area contributed by atoms with Gasteiger partial charge in [-0.1, -0.05) is 12.1 Å². The average Bonchev–Trinajstić information content (AvgIpc) is 3.21. The van der Waals surface area contributed by atoms with Crippen LogP contribution in [0.2, 0.25) is 0 Å². The number of fused-ring (bicyclic) bond motifs is 1. The molecule has 0 aliphatic heterocycles. The van der Waals surface area contributed by atoms with E-state index < -0.39 is 11.8 Å². The molecule has 0 fully saturated rings. The van der Waals surface area contributed by atoms with E-state index in [1.807, 2.05) is 24.3 Å². The van der Waals surface area contributed by atoms with E-state index in [0.29, 0.717) is 22.8 Å². The van der Waals surface area contributed by atoms with Gasteiger partial charge in [-0.3, -0.25) is 0 Å². The summed E-state index contributed by atoms with van der Waals surface area (Å²) < 4.78 is 31.3. The Labute approximate surface area is 199 Å². The zero-order chi connectivity index (χ0) is 24.1. The van der Waals surface area contributed by atoms with Crippen LogP contribution >= 0.6 is 11.3 Å². The van der Waals surface area contributed by atoms with Gasteiger partial charge < -0.3 is 19.1 Å². The molecule has 0 aliphatic carbocycles. The summed E-state index contributed by atoms with van der Waals surface area (Å²) in [4.78, 5) is 22.0. The van der Waals surface area contributed by atoms with Gasteiger partial charge in [0, 0.05) is 22.2 Å². The van der Waals surface area contributed by atoms with E-state index in [2.05, 4.69) is 4.74 Å². The van der Waals surface area contributed by atoms with Crippen LogP contribution in [-0.2, 0) is 14.4 Å². The predicted octanol–water partition coefficient (Wildman–Crippen LogP) is 6.63. The Bertz CT molecular complexity index is 1340. The second-order valence-electron chi connectivity index (χ2n) is 7.05. The highest BCUT2D eigenvalue weighted by molar-refractivity contribution is 7.22. The molecule has 0 saturated heterocycles. The fraction of sp³-hybridized carbons (Fsp3) is 0.115. The smallest absolute Gasteiger partial charge is 0.330 e. The number of benzene rings is 3. The van der Waals surface area contributed by atoms with Crippen LogP contribution in [-0.4, -0.2) is 27.3 Å². The third kappa shape index (κ3) is 5.03. The monoisotopic (exact) mass is 480 g/mol. The number of hydrogen-bond donors (Lipinski definition) is 0. The molecule has 0 aliphatic rings. The number of ether oxygens (including phenoxy) is 3. The number of rotatable bonds is 8. The van der Waals surface area contributed by atoms with Gasteiger partial charge in [0.2, 0.25) is 0 Å². The molecule has 1 heterocycles. The van der Waals surface area contributed by atoms with Crippen molar-refractivity contribution in [3.63, 3.8) is 0 Å². The number of halogens is 1. The van der Waals surface area contributed by atoms with Crippen LogP contribution < -0.4 is 14.4 Å². The van der Waals surface area contributed by atoms with Crippen LogP contribution in [0.5, 0.6) is 23.0 Å². The minimum absolute atomic E-state index is 0.165. The lowest BCUT2D eigenvalue weighted by Gasteiger charge is -2.10. The standard InChI is InChI=1S/C26H21FO6S/c1-29-22-12-7-17(14-21(22)27)26-25(20-11-10-19(33-31-3)15-23(20)34-26)32-18-8-4-16(5-9-18)6-13-24(28)30-2/h4-15H,1-3H3. The van der Waals surface area contributed by atoms with Gasteiger partial charge >= 0.3 is 5.97 Å². The van der Waals surface area contributed by atoms with Crippen LogP contribution in [0.15, 0.2) is 66.7 Å². The van der Waals surface area contributed by atoms with Gasteiger partial charge in [-0.15, -0.1) is 11.3 Å². The Morgan fingerprint density at radius 1 is 0.941 bits per heavy atom. The largest absolute Gasteiger partial charge is 0.494 e. The van der Waals surface area contributed by atoms with Crippen molar-refractivity contribution in [2.24, 2.45) is 0 Å². The first-order valence-corrected chi connectivity index (χ1v) is 11.0. The lowest BCUT2D eigenvalue weighted by atomic mass is 10.1. The second kappa shape index (κ2) is 10.4.